The second-order valence-corrected chi connectivity index (χ2v) is 14.4. The van der Waals surface area contributed by atoms with Gasteiger partial charge in [-0.3, -0.25) is 4.98 Å². The van der Waals surface area contributed by atoms with Crippen molar-refractivity contribution >= 4 is 43.4 Å². The molecule has 3 nitrogen and oxygen atoms in total. The second kappa shape index (κ2) is 13.6. The highest BCUT2D eigenvalue weighted by Crippen LogP contribution is 2.50. The maximum atomic E-state index is 7.16. The summed E-state index contributed by atoms with van der Waals surface area (Å²) in [5.41, 5.74) is 12.7. The molecule has 0 N–H and O–H groups in total. The van der Waals surface area contributed by atoms with Crippen LogP contribution < -0.4 is 0 Å². The summed E-state index contributed by atoms with van der Waals surface area (Å²) < 4.78 is 7.16. The number of hydrogen-bond acceptors (Lipinski definition) is 3. The first-order valence-electron chi connectivity index (χ1n) is 19.3. The van der Waals surface area contributed by atoms with Crippen LogP contribution in [0.4, 0.5) is 0 Å². The van der Waals surface area contributed by atoms with Crippen molar-refractivity contribution in [2.24, 2.45) is 0 Å². The van der Waals surface area contributed by atoms with E-state index in [0.717, 1.165) is 99.7 Å². The Morgan fingerprint density at radius 2 is 0.772 bits per heavy atom. The largest absolute Gasteiger partial charge is 0.455 e. The fraction of sp³-hybridized carbons (Fsp3) is 0. The summed E-state index contributed by atoms with van der Waals surface area (Å²) in [5, 5.41) is 6.78. The molecule has 8 aromatic carbocycles. The van der Waals surface area contributed by atoms with E-state index in [4.69, 9.17) is 14.4 Å². The van der Waals surface area contributed by atoms with Crippen LogP contribution in [0.1, 0.15) is 0 Å². The molecule has 266 valence electrons. The van der Waals surface area contributed by atoms with Crippen LogP contribution in [0.5, 0.6) is 0 Å². The molecule has 11 aromatic rings. The van der Waals surface area contributed by atoms with E-state index in [0.29, 0.717) is 0 Å². The Morgan fingerprint density at radius 1 is 0.316 bits per heavy atom. The van der Waals surface area contributed by atoms with Crippen molar-refractivity contribution in [3.8, 4) is 67.3 Å². The third-order valence-corrected chi connectivity index (χ3v) is 11.2. The molecule has 57 heavy (non-hydrogen) atoms. The van der Waals surface area contributed by atoms with Gasteiger partial charge < -0.3 is 4.42 Å². The fourth-order valence-electron chi connectivity index (χ4n) is 8.54. The lowest BCUT2D eigenvalue weighted by Crippen LogP contribution is -1.92. The van der Waals surface area contributed by atoms with Crippen LogP contribution in [-0.4, -0.2) is 9.97 Å². The summed E-state index contributed by atoms with van der Waals surface area (Å²) in [5.74, 6) is 1.71. The van der Waals surface area contributed by atoms with Crippen LogP contribution in [0.15, 0.2) is 211 Å². The van der Waals surface area contributed by atoms with Crippen molar-refractivity contribution < 1.29 is 4.42 Å². The van der Waals surface area contributed by atoms with E-state index in [-0.39, 0.29) is 0 Å². The van der Waals surface area contributed by atoms with E-state index >= 15 is 0 Å². The third kappa shape index (κ3) is 5.51. The Morgan fingerprint density at radius 3 is 1.39 bits per heavy atom. The molecule has 0 unspecified atom stereocenters. The number of benzene rings is 8. The minimum Gasteiger partial charge on any atom is -0.455 e. The van der Waals surface area contributed by atoms with Gasteiger partial charge in [0.05, 0.1) is 16.7 Å². The summed E-state index contributed by atoms with van der Waals surface area (Å²) >= 11 is 0. The zero-order valence-electron chi connectivity index (χ0n) is 30.9. The van der Waals surface area contributed by atoms with Crippen LogP contribution in [0.25, 0.3) is 111 Å². The summed E-state index contributed by atoms with van der Waals surface area (Å²) in [6.45, 7) is 0. The van der Waals surface area contributed by atoms with Crippen molar-refractivity contribution in [1.29, 1.82) is 0 Å². The average Bonchev–Trinajstić information content (AvgIpc) is 3.69. The molecule has 0 saturated carbocycles. The molecule has 3 aromatic heterocycles. The van der Waals surface area contributed by atoms with Gasteiger partial charge in [-0.2, -0.15) is 0 Å². The molecule has 0 bridgehead atoms. The minimum atomic E-state index is 0.853. The van der Waals surface area contributed by atoms with Gasteiger partial charge in [-0.05, 0) is 62.0 Å². The van der Waals surface area contributed by atoms with Gasteiger partial charge in [-0.1, -0.05) is 182 Å². The highest BCUT2D eigenvalue weighted by Gasteiger charge is 2.26. The number of hydrogen-bond donors (Lipinski definition) is 0. The van der Waals surface area contributed by atoms with Crippen LogP contribution in [0, 0.1) is 0 Å². The Balaban J connectivity index is 1.12. The maximum absolute atomic E-state index is 7.16. The number of nitrogens with zero attached hydrogens (tertiary/aromatic N) is 2. The van der Waals surface area contributed by atoms with E-state index < -0.39 is 0 Å². The topological polar surface area (TPSA) is 38.9 Å². The molecule has 0 aliphatic rings. The van der Waals surface area contributed by atoms with E-state index in [9.17, 15) is 0 Å². The molecule has 0 saturated heterocycles. The van der Waals surface area contributed by atoms with E-state index in [1.54, 1.807) is 0 Å². The van der Waals surface area contributed by atoms with E-state index in [1.165, 1.54) is 10.9 Å². The molecule has 11 rings (SSSR count). The molecule has 0 amide bonds. The standard InChI is InChI=1S/C54H34N2O/c1-4-15-35(16-5-1)49-50(36-17-6-2-7-18-36)54(57-53(49)39-19-8-3-9-20-39)47-32-30-45(41-23-11-13-25-43(41)47)44-29-31-46(42-24-12-10-22-40(42)44)48-33-28-38-27-26-37-21-14-34-55-51(37)52(38)56-48/h1-34H. The first-order chi connectivity index (χ1) is 28.3. The van der Waals surface area contributed by atoms with E-state index in [2.05, 4.69) is 188 Å². The molecule has 0 aliphatic carbocycles. The Hall–Kier alpha value is -7.62. The van der Waals surface area contributed by atoms with Gasteiger partial charge in [0.25, 0.3) is 0 Å². The van der Waals surface area contributed by atoms with Gasteiger partial charge in [0.2, 0.25) is 0 Å². The number of rotatable bonds is 6. The average molecular weight is 727 g/mol. The predicted molar refractivity (Wildman–Crippen MR) is 237 cm³/mol. The number of furan rings is 1. The second-order valence-electron chi connectivity index (χ2n) is 14.4. The molecule has 3 heterocycles. The summed E-state index contributed by atoms with van der Waals surface area (Å²) in [6, 6.07) is 70.7. The SMILES string of the molecule is c1ccc(-c2oc(-c3ccc(-c4ccc(-c5ccc6ccc7cccnc7c6n5)c5ccccc45)c4ccccc34)c(-c3ccccc3)c2-c2ccccc2)cc1. The third-order valence-electron chi connectivity index (χ3n) is 11.2. The van der Waals surface area contributed by atoms with Crippen LogP contribution in [0.3, 0.4) is 0 Å². The first-order valence-corrected chi connectivity index (χ1v) is 19.3. The Kier molecular flexibility index (Phi) is 7.82. The molecule has 0 radical (unpaired) electrons. The van der Waals surface area contributed by atoms with Gasteiger partial charge >= 0.3 is 0 Å². The highest BCUT2D eigenvalue weighted by atomic mass is 16.3. The van der Waals surface area contributed by atoms with Crippen LogP contribution >= 0.6 is 0 Å². The molecule has 0 spiro atoms. The van der Waals surface area contributed by atoms with Gasteiger partial charge in [0.1, 0.15) is 11.5 Å². The van der Waals surface area contributed by atoms with Crippen molar-refractivity contribution in [2.45, 2.75) is 0 Å². The van der Waals surface area contributed by atoms with E-state index in [1.807, 2.05) is 18.3 Å². The zero-order chi connectivity index (χ0) is 37.7. The van der Waals surface area contributed by atoms with Crippen molar-refractivity contribution in [3.63, 3.8) is 0 Å². The van der Waals surface area contributed by atoms with Crippen molar-refractivity contribution in [1.82, 2.24) is 9.97 Å². The smallest absolute Gasteiger partial charge is 0.143 e. The van der Waals surface area contributed by atoms with Crippen molar-refractivity contribution in [3.05, 3.63) is 206 Å². The van der Waals surface area contributed by atoms with Crippen LogP contribution in [-0.2, 0) is 0 Å². The van der Waals surface area contributed by atoms with Crippen LogP contribution in [0.2, 0.25) is 0 Å². The summed E-state index contributed by atoms with van der Waals surface area (Å²) in [7, 11) is 0. The Labute approximate surface area is 330 Å². The Bertz CT molecular complexity index is 3280. The summed E-state index contributed by atoms with van der Waals surface area (Å²) in [4.78, 5) is 9.94. The molecule has 0 aliphatic heterocycles. The zero-order valence-corrected chi connectivity index (χ0v) is 30.9. The molecule has 0 fully saturated rings. The lowest BCUT2D eigenvalue weighted by Gasteiger charge is -2.16. The lowest BCUT2D eigenvalue weighted by molar-refractivity contribution is 0.599. The summed E-state index contributed by atoms with van der Waals surface area (Å²) in [6.07, 6.45) is 1.84. The van der Waals surface area contributed by atoms with Gasteiger partial charge in [-0.15, -0.1) is 0 Å². The van der Waals surface area contributed by atoms with Gasteiger partial charge in [0, 0.05) is 44.8 Å². The number of fused-ring (bicyclic) bond motifs is 5. The maximum Gasteiger partial charge on any atom is 0.143 e. The highest BCUT2D eigenvalue weighted by molar-refractivity contribution is 6.14. The normalized spacial score (nSPS) is 11.5. The number of pyridine rings is 2. The van der Waals surface area contributed by atoms with Gasteiger partial charge in [0.15, 0.2) is 0 Å². The lowest BCUT2D eigenvalue weighted by atomic mass is 9.87. The minimum absolute atomic E-state index is 0.853. The van der Waals surface area contributed by atoms with Gasteiger partial charge in [-0.25, -0.2) is 4.98 Å². The van der Waals surface area contributed by atoms with Crippen molar-refractivity contribution in [2.75, 3.05) is 0 Å². The molecular formula is C54H34N2O. The quantitative estimate of drug-likeness (QED) is 0.160. The fourth-order valence-corrected chi connectivity index (χ4v) is 8.54. The molecular weight excluding hydrogens is 693 g/mol. The first kappa shape index (κ1) is 32.8. The molecule has 3 heteroatoms. The predicted octanol–water partition coefficient (Wildman–Crippen LogP) is 14.7. The number of aromatic nitrogens is 2. The monoisotopic (exact) mass is 726 g/mol. The molecule has 0 atom stereocenters.